The first kappa shape index (κ1) is 29.9. The number of carbonyl (C=O) groups is 2. The highest BCUT2D eigenvalue weighted by molar-refractivity contribution is 5.81. The molecule has 0 radical (unpaired) electrons. The van der Waals surface area contributed by atoms with Gasteiger partial charge in [0, 0.05) is 25.6 Å². The minimum absolute atomic E-state index is 0.100. The molecule has 0 saturated carbocycles. The van der Waals surface area contributed by atoms with Gasteiger partial charge in [0.25, 0.3) is 0 Å². The van der Waals surface area contributed by atoms with Crippen LogP contribution in [-0.2, 0) is 30.2 Å². The van der Waals surface area contributed by atoms with Crippen molar-refractivity contribution in [2.45, 2.75) is 78.2 Å². The zero-order chi connectivity index (χ0) is 25.7. The van der Waals surface area contributed by atoms with Crippen molar-refractivity contribution >= 4 is 12.1 Å². The number of methoxy groups -OCH3 is 1. The summed E-state index contributed by atoms with van der Waals surface area (Å²) >= 11 is 0. The molecule has 4 atom stereocenters. The maximum atomic E-state index is 12.1. The van der Waals surface area contributed by atoms with Crippen molar-refractivity contribution in [3.63, 3.8) is 0 Å². The molecule has 1 unspecified atom stereocenters. The minimum atomic E-state index is -0.892. The first-order valence-corrected chi connectivity index (χ1v) is 11.9. The molecule has 1 rings (SSSR count). The predicted molar refractivity (Wildman–Crippen MR) is 131 cm³/mol. The smallest absolute Gasteiger partial charge is 0.408 e. The normalized spacial score (nSPS) is 15.3. The number of esters is 1. The molecule has 1 amide bonds. The molecular formula is C26H43NO7. The lowest BCUT2D eigenvalue weighted by molar-refractivity contribution is -0.143. The third-order valence-corrected chi connectivity index (χ3v) is 4.96. The van der Waals surface area contributed by atoms with Crippen LogP contribution in [0.2, 0.25) is 0 Å². The van der Waals surface area contributed by atoms with E-state index in [1.165, 1.54) is 7.11 Å². The second-order valence-corrected chi connectivity index (χ2v) is 9.97. The highest BCUT2D eigenvalue weighted by Crippen LogP contribution is 2.20. The Morgan fingerprint density at radius 2 is 1.71 bits per heavy atom. The molecule has 0 aromatic heterocycles. The number of alkyl carbamates (subject to hydrolysis) is 1. The van der Waals surface area contributed by atoms with Gasteiger partial charge in [-0.3, -0.25) is 0 Å². The Balaban J connectivity index is 2.78. The third-order valence-electron chi connectivity index (χ3n) is 4.96. The van der Waals surface area contributed by atoms with Gasteiger partial charge in [-0.2, -0.15) is 0 Å². The number of ether oxygens (including phenoxy) is 4. The Morgan fingerprint density at radius 3 is 2.24 bits per heavy atom. The van der Waals surface area contributed by atoms with E-state index in [4.69, 9.17) is 18.9 Å². The first-order chi connectivity index (χ1) is 15.9. The number of aliphatic hydroxyl groups excluding tert-OH is 1. The number of hydrogen-bond donors (Lipinski definition) is 2. The lowest BCUT2D eigenvalue weighted by Gasteiger charge is -2.30. The molecule has 1 aromatic carbocycles. The zero-order valence-electron chi connectivity index (χ0n) is 21.7. The Hall–Kier alpha value is -2.16. The summed E-state index contributed by atoms with van der Waals surface area (Å²) in [6.45, 7) is 12.1. The van der Waals surface area contributed by atoms with Gasteiger partial charge in [0.1, 0.15) is 11.6 Å². The fourth-order valence-corrected chi connectivity index (χ4v) is 3.44. The number of hydrogen-bond acceptors (Lipinski definition) is 7. The van der Waals surface area contributed by atoms with Crippen molar-refractivity contribution in [2.75, 3.05) is 26.9 Å². The average Bonchev–Trinajstić information content (AvgIpc) is 2.74. The lowest BCUT2D eigenvalue weighted by Crippen LogP contribution is -2.44. The summed E-state index contributed by atoms with van der Waals surface area (Å²) in [4.78, 5) is 24.2. The topological polar surface area (TPSA) is 103 Å². The molecule has 0 heterocycles. The number of rotatable bonds is 14. The van der Waals surface area contributed by atoms with Gasteiger partial charge in [0.05, 0.1) is 25.9 Å². The monoisotopic (exact) mass is 481 g/mol. The van der Waals surface area contributed by atoms with E-state index in [2.05, 4.69) is 19.2 Å². The molecule has 0 aliphatic rings. The van der Waals surface area contributed by atoms with Gasteiger partial charge < -0.3 is 29.4 Å². The van der Waals surface area contributed by atoms with Crippen molar-refractivity contribution in [3.05, 3.63) is 35.9 Å². The molecule has 34 heavy (non-hydrogen) atoms. The van der Waals surface area contributed by atoms with E-state index in [-0.39, 0.29) is 18.9 Å². The average molecular weight is 482 g/mol. The molecule has 8 nitrogen and oxygen atoms in total. The molecule has 0 aliphatic heterocycles. The van der Waals surface area contributed by atoms with E-state index in [9.17, 15) is 14.7 Å². The van der Waals surface area contributed by atoms with Gasteiger partial charge in [0.15, 0.2) is 0 Å². The highest BCUT2D eigenvalue weighted by Gasteiger charge is 2.29. The van der Waals surface area contributed by atoms with Gasteiger partial charge >= 0.3 is 12.1 Å². The summed E-state index contributed by atoms with van der Waals surface area (Å²) in [5.41, 5.74) is 0.437. The second-order valence-electron chi connectivity index (χ2n) is 9.97. The van der Waals surface area contributed by atoms with Crippen molar-refractivity contribution in [1.82, 2.24) is 5.32 Å². The molecule has 8 heteroatoms. The van der Waals surface area contributed by atoms with Crippen molar-refractivity contribution < 1.29 is 33.6 Å². The standard InChI is InChI=1S/C26H43NO7/c1-18(2)16-33-23(19(3)28)21(15-20-11-9-8-10-12-20)17-32-14-13-22(24(29)31-7)27-25(30)34-26(4,5)6/h8-12,18-19,21-23,28H,13-17H2,1-7H3,(H,27,30)/t19?,21-,22-,23-/m0/s1. The van der Waals surface area contributed by atoms with Crippen LogP contribution < -0.4 is 5.32 Å². The van der Waals surface area contributed by atoms with Gasteiger partial charge in [0.2, 0.25) is 0 Å². The Labute approximate surface area is 204 Å². The van der Waals surface area contributed by atoms with Gasteiger partial charge in [-0.15, -0.1) is 0 Å². The zero-order valence-corrected chi connectivity index (χ0v) is 21.7. The van der Waals surface area contributed by atoms with E-state index < -0.39 is 35.9 Å². The number of benzene rings is 1. The molecule has 0 saturated heterocycles. The predicted octanol–water partition coefficient (Wildman–Crippen LogP) is 3.74. The summed E-state index contributed by atoms with van der Waals surface area (Å²) in [7, 11) is 1.27. The number of carbonyl (C=O) groups excluding carboxylic acids is 2. The van der Waals surface area contributed by atoms with Crippen LogP contribution in [0.5, 0.6) is 0 Å². The molecule has 0 spiro atoms. The van der Waals surface area contributed by atoms with Crippen LogP contribution >= 0.6 is 0 Å². The first-order valence-electron chi connectivity index (χ1n) is 11.9. The molecule has 194 valence electrons. The van der Waals surface area contributed by atoms with E-state index in [0.717, 1.165) is 5.56 Å². The summed E-state index contributed by atoms with van der Waals surface area (Å²) in [5, 5.41) is 13.0. The Kier molecular flexibility index (Phi) is 13.1. The number of amides is 1. The quantitative estimate of drug-likeness (QED) is 0.308. The number of nitrogens with one attached hydrogen (secondary N) is 1. The molecule has 0 bridgehead atoms. The third kappa shape index (κ3) is 12.3. The molecular weight excluding hydrogens is 438 g/mol. The summed E-state index contributed by atoms with van der Waals surface area (Å²) in [5.74, 6) is -0.340. The maximum Gasteiger partial charge on any atom is 0.408 e. The van der Waals surface area contributed by atoms with Gasteiger partial charge in [-0.1, -0.05) is 44.2 Å². The molecule has 0 aliphatic carbocycles. The van der Waals surface area contributed by atoms with E-state index in [1.54, 1.807) is 27.7 Å². The van der Waals surface area contributed by atoms with Gasteiger partial charge in [-0.05, 0) is 45.6 Å². The fraction of sp³-hybridized carbons (Fsp3) is 0.692. The molecule has 0 fully saturated rings. The van der Waals surface area contributed by atoms with Crippen LogP contribution in [0.1, 0.15) is 53.5 Å². The van der Waals surface area contributed by atoms with E-state index in [0.29, 0.717) is 25.6 Å². The van der Waals surface area contributed by atoms with E-state index >= 15 is 0 Å². The SMILES string of the molecule is COC(=O)[C@H](CCOC[C@H](Cc1ccccc1)[C@@H](OCC(C)C)C(C)O)NC(=O)OC(C)(C)C. The van der Waals surface area contributed by atoms with Crippen LogP contribution in [0.4, 0.5) is 4.79 Å². The van der Waals surface area contributed by atoms with Crippen LogP contribution in [0, 0.1) is 11.8 Å². The van der Waals surface area contributed by atoms with Crippen molar-refractivity contribution in [3.8, 4) is 0 Å². The van der Waals surface area contributed by atoms with Gasteiger partial charge in [-0.25, -0.2) is 9.59 Å². The van der Waals surface area contributed by atoms with Crippen molar-refractivity contribution in [2.24, 2.45) is 11.8 Å². The van der Waals surface area contributed by atoms with Crippen LogP contribution in [0.25, 0.3) is 0 Å². The van der Waals surface area contributed by atoms with E-state index in [1.807, 2.05) is 30.3 Å². The molecule has 1 aromatic rings. The second kappa shape index (κ2) is 15.0. The van der Waals surface area contributed by atoms with Crippen LogP contribution in [0.15, 0.2) is 30.3 Å². The summed E-state index contributed by atoms with van der Waals surface area (Å²) < 4.78 is 22.0. The summed E-state index contributed by atoms with van der Waals surface area (Å²) in [6.07, 6.45) is -0.880. The van der Waals surface area contributed by atoms with Crippen LogP contribution in [0.3, 0.4) is 0 Å². The minimum Gasteiger partial charge on any atom is -0.467 e. The number of aliphatic hydroxyl groups is 1. The molecule has 2 N–H and O–H groups in total. The lowest BCUT2D eigenvalue weighted by atomic mass is 9.91. The Morgan fingerprint density at radius 1 is 1.06 bits per heavy atom. The maximum absolute atomic E-state index is 12.1. The largest absolute Gasteiger partial charge is 0.467 e. The fourth-order valence-electron chi connectivity index (χ4n) is 3.44. The summed E-state index contributed by atoms with van der Waals surface area (Å²) in [6, 6.07) is 9.09. The highest BCUT2D eigenvalue weighted by atomic mass is 16.6. The van der Waals surface area contributed by atoms with Crippen LogP contribution in [-0.4, -0.2) is 68.0 Å². The Bertz CT molecular complexity index is 716. The van der Waals surface area contributed by atoms with Crippen molar-refractivity contribution in [1.29, 1.82) is 0 Å².